The molecule has 0 unspecified atom stereocenters. The molecule has 0 radical (unpaired) electrons. The molecule has 0 aromatic heterocycles. The highest BCUT2D eigenvalue weighted by Gasteiger charge is 2.37. The largest absolute Gasteiger partial charge is 0.496 e. The summed E-state index contributed by atoms with van der Waals surface area (Å²) in [6.07, 6.45) is 1.51. The van der Waals surface area contributed by atoms with Gasteiger partial charge in [-0.15, -0.1) is 0 Å². The van der Waals surface area contributed by atoms with Crippen LogP contribution in [-0.4, -0.2) is 37.7 Å². The average molecular weight is 399 g/mol. The van der Waals surface area contributed by atoms with Gasteiger partial charge in [0.25, 0.3) is 5.69 Å². The Kier molecular flexibility index (Phi) is 6.03. The van der Waals surface area contributed by atoms with Crippen LogP contribution in [-0.2, 0) is 10.2 Å². The van der Waals surface area contributed by atoms with E-state index in [1.165, 1.54) is 18.2 Å². The van der Waals surface area contributed by atoms with Gasteiger partial charge >= 0.3 is 0 Å². The number of carbonyl (C=O) groups is 1. The number of benzene rings is 2. The Morgan fingerprint density at radius 3 is 2.62 bits per heavy atom. The number of nitrogens with two attached hydrogens (primary N) is 1. The Bertz CT molecular complexity index is 923. The lowest BCUT2D eigenvalue weighted by atomic mass is 9.73. The lowest BCUT2D eigenvalue weighted by Gasteiger charge is -2.39. The molecular weight excluding hydrogens is 374 g/mol. The SMILES string of the molecule is COc1ccc(C)cc1C1(CNc2ccc(C(N)=O)cc2[N+](=O)[O-])CCOCC1. The number of carbonyl (C=O) groups excluding carboxylic acids is 1. The van der Waals surface area contributed by atoms with E-state index in [1.807, 2.05) is 19.1 Å². The summed E-state index contributed by atoms with van der Waals surface area (Å²) in [6.45, 7) is 3.69. The summed E-state index contributed by atoms with van der Waals surface area (Å²) < 4.78 is 11.2. The van der Waals surface area contributed by atoms with Crippen molar-refractivity contribution < 1.29 is 19.2 Å². The van der Waals surface area contributed by atoms with E-state index in [0.717, 1.165) is 29.7 Å². The number of anilines is 1. The van der Waals surface area contributed by atoms with Gasteiger partial charge < -0.3 is 20.5 Å². The minimum Gasteiger partial charge on any atom is -0.496 e. The predicted octanol–water partition coefficient (Wildman–Crippen LogP) is 3.17. The average Bonchev–Trinajstić information content (AvgIpc) is 2.72. The third-order valence-electron chi connectivity index (χ3n) is 5.47. The molecule has 3 rings (SSSR count). The van der Waals surface area contributed by atoms with Crippen molar-refractivity contribution in [2.45, 2.75) is 25.2 Å². The van der Waals surface area contributed by atoms with E-state index < -0.39 is 10.8 Å². The van der Waals surface area contributed by atoms with Gasteiger partial charge in [-0.3, -0.25) is 14.9 Å². The van der Waals surface area contributed by atoms with Crippen molar-refractivity contribution in [1.82, 2.24) is 0 Å². The Morgan fingerprint density at radius 1 is 1.28 bits per heavy atom. The minimum absolute atomic E-state index is 0.100. The van der Waals surface area contributed by atoms with Crippen molar-refractivity contribution in [2.75, 3.05) is 32.2 Å². The van der Waals surface area contributed by atoms with Crippen LogP contribution in [0, 0.1) is 17.0 Å². The van der Waals surface area contributed by atoms with Crippen molar-refractivity contribution in [1.29, 1.82) is 0 Å². The predicted molar refractivity (Wildman–Crippen MR) is 110 cm³/mol. The van der Waals surface area contributed by atoms with Gasteiger partial charge in [0.2, 0.25) is 5.91 Å². The van der Waals surface area contributed by atoms with Crippen LogP contribution in [0.4, 0.5) is 11.4 Å². The molecule has 0 atom stereocenters. The zero-order valence-electron chi connectivity index (χ0n) is 16.6. The van der Waals surface area contributed by atoms with E-state index in [4.69, 9.17) is 15.2 Å². The molecule has 2 aromatic carbocycles. The van der Waals surface area contributed by atoms with Crippen LogP contribution in [0.2, 0.25) is 0 Å². The zero-order chi connectivity index (χ0) is 21.0. The van der Waals surface area contributed by atoms with E-state index in [0.29, 0.717) is 25.4 Å². The topological polar surface area (TPSA) is 117 Å². The minimum atomic E-state index is -0.704. The van der Waals surface area contributed by atoms with Gasteiger partial charge in [-0.2, -0.15) is 0 Å². The monoisotopic (exact) mass is 399 g/mol. The maximum atomic E-state index is 11.5. The number of rotatable bonds is 7. The van der Waals surface area contributed by atoms with Gasteiger partial charge in [0.15, 0.2) is 0 Å². The van der Waals surface area contributed by atoms with Crippen LogP contribution in [0.5, 0.6) is 5.75 Å². The van der Waals surface area contributed by atoms with Crippen molar-refractivity contribution in [3.63, 3.8) is 0 Å². The molecule has 3 N–H and O–H groups in total. The molecule has 0 bridgehead atoms. The molecule has 29 heavy (non-hydrogen) atoms. The Balaban J connectivity index is 1.96. The van der Waals surface area contributed by atoms with Gasteiger partial charge in [0.05, 0.1) is 12.0 Å². The number of ether oxygens (including phenoxy) is 2. The first-order valence-corrected chi connectivity index (χ1v) is 9.41. The van der Waals surface area contributed by atoms with E-state index in [2.05, 4.69) is 11.4 Å². The van der Waals surface area contributed by atoms with E-state index in [9.17, 15) is 14.9 Å². The highest BCUT2D eigenvalue weighted by atomic mass is 16.6. The van der Waals surface area contributed by atoms with Crippen LogP contribution in [0.25, 0.3) is 0 Å². The Labute approximate surface area is 169 Å². The molecule has 1 heterocycles. The number of amides is 1. The van der Waals surface area contributed by atoms with E-state index >= 15 is 0 Å². The summed E-state index contributed by atoms with van der Waals surface area (Å²) in [5.41, 5.74) is 7.40. The van der Waals surface area contributed by atoms with Crippen molar-refractivity contribution in [2.24, 2.45) is 5.73 Å². The molecule has 8 nitrogen and oxygen atoms in total. The molecule has 8 heteroatoms. The van der Waals surface area contributed by atoms with Crippen LogP contribution >= 0.6 is 0 Å². The number of nitro benzene ring substituents is 1. The van der Waals surface area contributed by atoms with Crippen LogP contribution in [0.1, 0.15) is 34.3 Å². The number of aryl methyl sites for hydroxylation is 1. The maximum absolute atomic E-state index is 11.5. The summed E-state index contributed by atoms with van der Waals surface area (Å²) in [5.74, 6) is 0.0860. The Morgan fingerprint density at radius 2 is 2.00 bits per heavy atom. The highest BCUT2D eigenvalue weighted by Crippen LogP contribution is 2.41. The molecule has 1 amide bonds. The molecule has 0 aliphatic carbocycles. The third-order valence-corrected chi connectivity index (χ3v) is 5.47. The molecule has 2 aromatic rings. The second-order valence-electron chi connectivity index (χ2n) is 7.30. The third kappa shape index (κ3) is 4.32. The summed E-state index contributed by atoms with van der Waals surface area (Å²) in [4.78, 5) is 22.4. The molecule has 1 aliphatic rings. The zero-order valence-corrected chi connectivity index (χ0v) is 16.6. The maximum Gasteiger partial charge on any atom is 0.293 e. The molecular formula is C21H25N3O5. The second-order valence-corrected chi connectivity index (χ2v) is 7.30. The lowest BCUT2D eigenvalue weighted by Crippen LogP contribution is -2.40. The fourth-order valence-corrected chi connectivity index (χ4v) is 3.79. The molecule has 1 saturated heterocycles. The van der Waals surface area contributed by atoms with Crippen LogP contribution < -0.4 is 15.8 Å². The first-order chi connectivity index (χ1) is 13.9. The van der Waals surface area contributed by atoms with Crippen molar-refractivity contribution >= 4 is 17.3 Å². The smallest absolute Gasteiger partial charge is 0.293 e. The summed E-state index contributed by atoms with van der Waals surface area (Å²) in [7, 11) is 1.64. The molecule has 154 valence electrons. The first-order valence-electron chi connectivity index (χ1n) is 9.41. The summed E-state index contributed by atoms with van der Waals surface area (Å²) in [6, 6.07) is 10.3. The van der Waals surface area contributed by atoms with E-state index in [-0.39, 0.29) is 16.7 Å². The number of nitro groups is 1. The van der Waals surface area contributed by atoms with Gasteiger partial charge in [-0.25, -0.2) is 0 Å². The van der Waals surface area contributed by atoms with Gasteiger partial charge in [0.1, 0.15) is 11.4 Å². The molecule has 0 spiro atoms. The number of nitrogens with zero attached hydrogens (tertiary/aromatic N) is 1. The quantitative estimate of drug-likeness (QED) is 0.546. The van der Waals surface area contributed by atoms with Gasteiger partial charge in [-0.1, -0.05) is 17.7 Å². The number of hydrogen-bond acceptors (Lipinski definition) is 6. The molecule has 0 saturated carbocycles. The molecule has 1 aliphatic heterocycles. The summed E-state index contributed by atoms with van der Waals surface area (Å²) in [5, 5.41) is 14.8. The molecule has 1 fully saturated rings. The van der Waals surface area contributed by atoms with Crippen LogP contribution in [0.3, 0.4) is 0 Å². The second kappa shape index (κ2) is 8.48. The van der Waals surface area contributed by atoms with Crippen molar-refractivity contribution in [3.8, 4) is 5.75 Å². The summed E-state index contributed by atoms with van der Waals surface area (Å²) >= 11 is 0. The Hall–Kier alpha value is -3.13. The van der Waals surface area contributed by atoms with Crippen molar-refractivity contribution in [3.05, 3.63) is 63.2 Å². The number of hydrogen-bond donors (Lipinski definition) is 2. The fraction of sp³-hybridized carbons (Fsp3) is 0.381. The standard InChI is InChI=1S/C21H25N3O5/c1-14-3-6-19(28-2)16(11-14)21(7-9-29-10-8-21)13-23-17-5-4-15(20(22)25)12-18(17)24(26)27/h3-6,11-12,23H,7-10,13H2,1-2H3,(H2,22,25). The fourth-order valence-electron chi connectivity index (χ4n) is 3.79. The normalized spacial score (nSPS) is 15.5. The van der Waals surface area contributed by atoms with Gasteiger partial charge in [-0.05, 0) is 38.0 Å². The number of primary amides is 1. The highest BCUT2D eigenvalue weighted by molar-refractivity contribution is 5.94. The lowest BCUT2D eigenvalue weighted by molar-refractivity contribution is -0.384. The first kappa shape index (κ1) is 20.6. The number of methoxy groups -OCH3 is 1. The van der Waals surface area contributed by atoms with E-state index in [1.54, 1.807) is 7.11 Å². The van der Waals surface area contributed by atoms with Crippen LogP contribution in [0.15, 0.2) is 36.4 Å². The number of nitrogens with one attached hydrogen (secondary N) is 1. The van der Waals surface area contributed by atoms with Gasteiger partial charge in [0, 0.05) is 42.4 Å².